The van der Waals surface area contributed by atoms with E-state index >= 15 is 0 Å². The summed E-state index contributed by atoms with van der Waals surface area (Å²) < 4.78 is 0. The number of nitrogens with one attached hydrogen (secondary N) is 3. The summed E-state index contributed by atoms with van der Waals surface area (Å²) in [6.45, 7) is 2.39. The van der Waals surface area contributed by atoms with Crippen LogP contribution in [0, 0.1) is 5.92 Å². The van der Waals surface area contributed by atoms with Gasteiger partial charge in [0.05, 0.1) is 6.61 Å². The third-order valence-electron chi connectivity index (χ3n) is 2.86. The Morgan fingerprint density at radius 1 is 1.53 bits per heavy atom. The van der Waals surface area contributed by atoms with Crippen molar-refractivity contribution in [3.8, 4) is 0 Å². The maximum Gasteiger partial charge on any atom is 0.223 e. The number of hydrogen-bond acceptors (Lipinski definition) is 4. The predicted octanol–water partition coefficient (Wildman–Crippen LogP) is -1.32. The third kappa shape index (κ3) is 4.15. The van der Waals surface area contributed by atoms with Crippen LogP contribution in [0.2, 0.25) is 0 Å². The van der Waals surface area contributed by atoms with Gasteiger partial charge in [0.1, 0.15) is 0 Å². The molecule has 0 radical (unpaired) electrons. The van der Waals surface area contributed by atoms with Gasteiger partial charge in [-0.25, -0.2) is 0 Å². The number of rotatable bonds is 5. The van der Waals surface area contributed by atoms with Crippen LogP contribution in [0.1, 0.15) is 12.8 Å². The highest BCUT2D eigenvalue weighted by atomic mass is 16.3. The lowest BCUT2D eigenvalue weighted by atomic mass is 9.97. The molecule has 15 heavy (non-hydrogen) atoms. The molecule has 0 spiro atoms. The summed E-state index contributed by atoms with van der Waals surface area (Å²) in [6, 6.07) is -0.0457. The molecule has 0 aromatic heterocycles. The van der Waals surface area contributed by atoms with Crippen LogP contribution in [-0.4, -0.2) is 50.3 Å². The molecule has 0 unspecified atom stereocenters. The summed E-state index contributed by atoms with van der Waals surface area (Å²) in [5.41, 5.74) is 0. The Hall–Kier alpha value is -0.650. The lowest BCUT2D eigenvalue weighted by Crippen LogP contribution is -2.45. The fourth-order valence-corrected chi connectivity index (χ4v) is 1.71. The van der Waals surface area contributed by atoms with Crippen molar-refractivity contribution in [3.05, 3.63) is 0 Å². The minimum atomic E-state index is -0.0457. The van der Waals surface area contributed by atoms with Crippen molar-refractivity contribution < 1.29 is 9.90 Å². The molecule has 5 heteroatoms. The zero-order valence-corrected chi connectivity index (χ0v) is 9.25. The summed E-state index contributed by atoms with van der Waals surface area (Å²) in [5, 5.41) is 17.9. The lowest BCUT2D eigenvalue weighted by molar-refractivity contribution is -0.125. The highest BCUT2D eigenvalue weighted by Gasteiger charge is 2.20. The highest BCUT2D eigenvalue weighted by molar-refractivity contribution is 5.78. The van der Waals surface area contributed by atoms with E-state index in [1.165, 1.54) is 0 Å². The largest absolute Gasteiger partial charge is 0.395 e. The number of carbonyl (C=O) groups excluding carboxylic acids is 1. The number of aliphatic hydroxyl groups excluding tert-OH is 1. The summed E-state index contributed by atoms with van der Waals surface area (Å²) in [6.07, 6.45) is 1.82. The zero-order valence-electron chi connectivity index (χ0n) is 9.25. The smallest absolute Gasteiger partial charge is 0.223 e. The van der Waals surface area contributed by atoms with Gasteiger partial charge >= 0.3 is 0 Å². The molecular formula is C10H21N3O2. The zero-order chi connectivity index (χ0) is 11.1. The molecule has 0 aliphatic carbocycles. The van der Waals surface area contributed by atoms with Crippen LogP contribution in [0.5, 0.6) is 0 Å². The van der Waals surface area contributed by atoms with Crippen LogP contribution in [0.4, 0.5) is 0 Å². The summed E-state index contributed by atoms with van der Waals surface area (Å²) >= 11 is 0. The van der Waals surface area contributed by atoms with Crippen molar-refractivity contribution in [2.75, 3.05) is 33.3 Å². The second-order valence-electron chi connectivity index (χ2n) is 3.94. The third-order valence-corrected chi connectivity index (χ3v) is 2.86. The van der Waals surface area contributed by atoms with E-state index in [1.807, 2.05) is 0 Å². The van der Waals surface area contributed by atoms with Crippen molar-refractivity contribution in [3.63, 3.8) is 0 Å². The van der Waals surface area contributed by atoms with Crippen LogP contribution >= 0.6 is 0 Å². The van der Waals surface area contributed by atoms with Gasteiger partial charge in [-0.05, 0) is 33.0 Å². The average molecular weight is 215 g/mol. The maximum atomic E-state index is 11.7. The monoisotopic (exact) mass is 215 g/mol. The van der Waals surface area contributed by atoms with E-state index in [-0.39, 0.29) is 24.5 Å². The van der Waals surface area contributed by atoms with Crippen molar-refractivity contribution in [2.45, 2.75) is 18.9 Å². The van der Waals surface area contributed by atoms with Crippen LogP contribution in [0.25, 0.3) is 0 Å². The van der Waals surface area contributed by atoms with E-state index in [1.54, 1.807) is 7.05 Å². The standard InChI is InChI=1S/C10H21N3O2/c1-11-9(7-14)6-13-10(15)8-2-4-12-5-3-8/h8-9,11-12,14H,2-7H2,1H3,(H,13,15)/t9-/m1/s1. The molecule has 1 heterocycles. The van der Waals surface area contributed by atoms with Crippen LogP contribution in [0.15, 0.2) is 0 Å². The van der Waals surface area contributed by atoms with Gasteiger partial charge in [-0.1, -0.05) is 0 Å². The quantitative estimate of drug-likeness (QED) is 0.459. The van der Waals surface area contributed by atoms with Gasteiger partial charge in [-0.15, -0.1) is 0 Å². The molecule has 1 fully saturated rings. The second kappa shape index (κ2) is 6.76. The molecule has 1 atom stereocenters. The fraction of sp³-hybridized carbons (Fsp3) is 0.900. The van der Waals surface area contributed by atoms with E-state index < -0.39 is 0 Å². The summed E-state index contributed by atoms with van der Waals surface area (Å²) in [7, 11) is 1.78. The minimum absolute atomic E-state index is 0.0446. The Bertz CT molecular complexity index is 189. The second-order valence-corrected chi connectivity index (χ2v) is 3.94. The Morgan fingerprint density at radius 2 is 2.20 bits per heavy atom. The first-order valence-corrected chi connectivity index (χ1v) is 5.54. The van der Waals surface area contributed by atoms with E-state index in [9.17, 15) is 4.79 Å². The maximum absolute atomic E-state index is 11.7. The Kier molecular flexibility index (Phi) is 5.60. The Labute approximate surface area is 90.6 Å². The van der Waals surface area contributed by atoms with Gasteiger partial charge in [0, 0.05) is 18.5 Å². The number of aliphatic hydroxyl groups is 1. The molecule has 1 saturated heterocycles. The van der Waals surface area contributed by atoms with Crippen LogP contribution < -0.4 is 16.0 Å². The molecule has 0 bridgehead atoms. The summed E-state index contributed by atoms with van der Waals surface area (Å²) in [5.74, 6) is 0.257. The molecule has 1 rings (SSSR count). The fourth-order valence-electron chi connectivity index (χ4n) is 1.71. The van der Waals surface area contributed by atoms with Gasteiger partial charge in [0.15, 0.2) is 0 Å². The first-order valence-electron chi connectivity index (χ1n) is 5.54. The molecule has 88 valence electrons. The Balaban J connectivity index is 2.22. The molecule has 1 aliphatic rings. The van der Waals surface area contributed by atoms with E-state index in [0.717, 1.165) is 25.9 Å². The van der Waals surface area contributed by atoms with Gasteiger partial charge in [0.25, 0.3) is 0 Å². The number of carbonyl (C=O) groups is 1. The SMILES string of the molecule is CN[C@@H](CO)CNC(=O)C1CCNCC1. The van der Waals surface area contributed by atoms with Crippen molar-refractivity contribution in [1.29, 1.82) is 0 Å². The number of piperidine rings is 1. The lowest BCUT2D eigenvalue weighted by Gasteiger charge is -2.23. The molecule has 1 aliphatic heterocycles. The van der Waals surface area contributed by atoms with Gasteiger partial charge < -0.3 is 21.1 Å². The van der Waals surface area contributed by atoms with Crippen molar-refractivity contribution >= 4 is 5.91 Å². The van der Waals surface area contributed by atoms with E-state index in [4.69, 9.17) is 5.11 Å². The average Bonchev–Trinajstić information content (AvgIpc) is 2.31. The van der Waals surface area contributed by atoms with E-state index in [2.05, 4.69) is 16.0 Å². The highest BCUT2D eigenvalue weighted by Crippen LogP contribution is 2.10. The first-order chi connectivity index (χ1) is 7.27. The molecule has 0 aromatic carbocycles. The molecular weight excluding hydrogens is 194 g/mol. The van der Waals surface area contributed by atoms with Gasteiger partial charge in [-0.2, -0.15) is 0 Å². The molecule has 0 aromatic rings. The molecule has 4 N–H and O–H groups in total. The number of amides is 1. The van der Waals surface area contributed by atoms with Crippen molar-refractivity contribution in [1.82, 2.24) is 16.0 Å². The Morgan fingerprint density at radius 3 is 2.73 bits per heavy atom. The molecule has 5 nitrogen and oxygen atoms in total. The first kappa shape index (κ1) is 12.4. The molecule has 0 saturated carbocycles. The van der Waals surface area contributed by atoms with Crippen molar-refractivity contribution in [2.24, 2.45) is 5.92 Å². The van der Waals surface area contributed by atoms with E-state index in [0.29, 0.717) is 6.54 Å². The topological polar surface area (TPSA) is 73.4 Å². The minimum Gasteiger partial charge on any atom is -0.395 e. The number of hydrogen-bond donors (Lipinski definition) is 4. The van der Waals surface area contributed by atoms with Crippen LogP contribution in [0.3, 0.4) is 0 Å². The van der Waals surface area contributed by atoms with Gasteiger partial charge in [-0.3, -0.25) is 4.79 Å². The number of likely N-dealkylation sites (N-methyl/N-ethyl adjacent to an activating group) is 1. The predicted molar refractivity (Wildman–Crippen MR) is 58.5 cm³/mol. The van der Waals surface area contributed by atoms with Crippen LogP contribution in [-0.2, 0) is 4.79 Å². The summed E-state index contributed by atoms with van der Waals surface area (Å²) in [4.78, 5) is 11.7. The van der Waals surface area contributed by atoms with Gasteiger partial charge in [0.2, 0.25) is 5.91 Å². The normalized spacial score (nSPS) is 19.9. The molecule has 1 amide bonds.